The quantitative estimate of drug-likeness (QED) is 0.462. The first kappa shape index (κ1) is 17.7. The zero-order valence-corrected chi connectivity index (χ0v) is 11.0. The smallest absolute Gasteiger partial charge is 0.330 e. The van der Waals surface area contributed by atoms with Crippen LogP contribution in [0, 0.1) is 18.6 Å². The summed E-state index contributed by atoms with van der Waals surface area (Å²) in [6, 6.07) is 1.31. The molecular formula is C12H14F6N2O. The van der Waals surface area contributed by atoms with E-state index in [1.807, 2.05) is 0 Å². The number of aryl methyl sites for hydroxylation is 1. The Balaban J connectivity index is 2.75. The average molecular weight is 316 g/mol. The SMILES string of the molecule is Cc1ccc(C(COCC(F)(F)C(F)F)NN)c(F)c1F. The summed E-state index contributed by atoms with van der Waals surface area (Å²) in [5, 5.41) is 0. The van der Waals surface area contributed by atoms with E-state index in [0.29, 0.717) is 0 Å². The zero-order valence-electron chi connectivity index (χ0n) is 11.0. The zero-order chi connectivity index (χ0) is 16.2. The van der Waals surface area contributed by atoms with Crippen molar-refractivity contribution in [2.75, 3.05) is 13.2 Å². The topological polar surface area (TPSA) is 47.3 Å². The molecule has 0 radical (unpaired) electrons. The molecule has 3 N–H and O–H groups in total. The maximum atomic E-state index is 13.7. The third kappa shape index (κ3) is 4.32. The molecule has 0 saturated carbocycles. The molecule has 0 fully saturated rings. The Morgan fingerprint density at radius 3 is 2.38 bits per heavy atom. The predicted molar refractivity (Wildman–Crippen MR) is 62.9 cm³/mol. The van der Waals surface area contributed by atoms with Gasteiger partial charge in [0, 0.05) is 5.56 Å². The number of nitrogens with two attached hydrogens (primary N) is 1. The van der Waals surface area contributed by atoms with E-state index in [9.17, 15) is 26.3 Å². The summed E-state index contributed by atoms with van der Waals surface area (Å²) >= 11 is 0. The number of alkyl halides is 4. The maximum absolute atomic E-state index is 13.7. The predicted octanol–water partition coefficient (Wildman–Crippen LogP) is 2.69. The summed E-state index contributed by atoms with van der Waals surface area (Å²) < 4.78 is 80.7. The number of hydrazine groups is 1. The number of rotatable bonds is 7. The summed E-state index contributed by atoms with van der Waals surface area (Å²) in [5.41, 5.74) is 1.86. The fraction of sp³-hybridized carbons (Fsp3) is 0.500. The van der Waals surface area contributed by atoms with E-state index >= 15 is 0 Å². The first-order valence-electron chi connectivity index (χ1n) is 5.85. The van der Waals surface area contributed by atoms with Crippen molar-refractivity contribution in [3.8, 4) is 0 Å². The van der Waals surface area contributed by atoms with E-state index in [0.717, 1.165) is 0 Å². The van der Waals surface area contributed by atoms with Crippen molar-refractivity contribution < 1.29 is 31.1 Å². The van der Waals surface area contributed by atoms with Crippen molar-refractivity contribution in [1.29, 1.82) is 0 Å². The number of nitrogens with one attached hydrogen (secondary N) is 1. The van der Waals surface area contributed by atoms with Gasteiger partial charge in [-0.1, -0.05) is 12.1 Å². The van der Waals surface area contributed by atoms with Crippen LogP contribution >= 0.6 is 0 Å². The molecule has 0 aromatic heterocycles. The van der Waals surface area contributed by atoms with Crippen LogP contribution in [0.5, 0.6) is 0 Å². The minimum atomic E-state index is -4.32. The van der Waals surface area contributed by atoms with Gasteiger partial charge in [-0.15, -0.1) is 0 Å². The van der Waals surface area contributed by atoms with Crippen LogP contribution in [0.3, 0.4) is 0 Å². The van der Waals surface area contributed by atoms with Gasteiger partial charge < -0.3 is 4.74 Å². The minimum absolute atomic E-state index is 0.0529. The standard InChI is InChI=1S/C12H14F6N2O/c1-6-2-3-7(10(14)9(6)13)8(20-19)4-21-5-12(17,18)11(15)16/h2-3,8,11,20H,4-5,19H2,1H3. The summed E-state index contributed by atoms with van der Waals surface area (Å²) in [7, 11) is 0. The molecule has 0 saturated heterocycles. The molecule has 0 amide bonds. The van der Waals surface area contributed by atoms with Crippen LogP contribution in [0.15, 0.2) is 12.1 Å². The Morgan fingerprint density at radius 2 is 1.86 bits per heavy atom. The molecule has 0 heterocycles. The van der Waals surface area contributed by atoms with Crippen LogP contribution in [-0.4, -0.2) is 25.6 Å². The molecule has 1 unspecified atom stereocenters. The molecule has 9 heteroatoms. The molecule has 120 valence electrons. The minimum Gasteiger partial charge on any atom is -0.373 e. The van der Waals surface area contributed by atoms with Gasteiger partial charge in [0.1, 0.15) is 6.61 Å². The molecule has 1 aromatic rings. The van der Waals surface area contributed by atoms with Crippen LogP contribution < -0.4 is 11.3 Å². The van der Waals surface area contributed by atoms with Gasteiger partial charge in [-0.25, -0.2) is 17.6 Å². The summed E-state index contributed by atoms with van der Waals surface area (Å²) in [4.78, 5) is 0. The van der Waals surface area contributed by atoms with Gasteiger partial charge in [-0.3, -0.25) is 11.3 Å². The van der Waals surface area contributed by atoms with Gasteiger partial charge in [-0.05, 0) is 12.5 Å². The largest absolute Gasteiger partial charge is 0.373 e. The highest BCUT2D eigenvalue weighted by Crippen LogP contribution is 2.25. The Kier molecular flexibility index (Phi) is 5.99. The second-order valence-electron chi connectivity index (χ2n) is 4.40. The Labute approximate surface area is 117 Å². The van der Waals surface area contributed by atoms with Crippen LogP contribution in [0.2, 0.25) is 0 Å². The number of hydrogen-bond acceptors (Lipinski definition) is 3. The fourth-order valence-electron chi connectivity index (χ4n) is 1.53. The number of ether oxygens (including phenoxy) is 1. The van der Waals surface area contributed by atoms with E-state index in [1.165, 1.54) is 19.1 Å². The first-order valence-corrected chi connectivity index (χ1v) is 5.85. The lowest BCUT2D eigenvalue weighted by Crippen LogP contribution is -2.36. The second-order valence-corrected chi connectivity index (χ2v) is 4.40. The summed E-state index contributed by atoms with van der Waals surface area (Å²) in [6.45, 7) is -0.843. The number of halogens is 6. The van der Waals surface area contributed by atoms with Crippen LogP contribution in [0.4, 0.5) is 26.3 Å². The molecule has 0 spiro atoms. The van der Waals surface area contributed by atoms with E-state index in [2.05, 4.69) is 10.2 Å². The lowest BCUT2D eigenvalue weighted by atomic mass is 10.0. The third-order valence-electron chi connectivity index (χ3n) is 2.78. The Hall–Kier alpha value is -1.32. The molecule has 1 atom stereocenters. The molecule has 0 aliphatic heterocycles. The molecule has 3 nitrogen and oxygen atoms in total. The van der Waals surface area contributed by atoms with E-state index in [4.69, 9.17) is 5.84 Å². The molecule has 0 aliphatic carbocycles. The summed E-state index contributed by atoms with van der Waals surface area (Å²) in [6.07, 6.45) is -3.88. The van der Waals surface area contributed by atoms with Crippen molar-refractivity contribution in [3.63, 3.8) is 0 Å². The van der Waals surface area contributed by atoms with Gasteiger partial charge in [0.05, 0.1) is 12.6 Å². The third-order valence-corrected chi connectivity index (χ3v) is 2.78. The molecule has 0 bridgehead atoms. The van der Waals surface area contributed by atoms with E-state index < -0.39 is 43.2 Å². The van der Waals surface area contributed by atoms with Crippen molar-refractivity contribution in [1.82, 2.24) is 5.43 Å². The highest BCUT2D eigenvalue weighted by molar-refractivity contribution is 5.27. The first-order chi connectivity index (χ1) is 9.70. The van der Waals surface area contributed by atoms with Gasteiger partial charge in [0.2, 0.25) is 0 Å². The Morgan fingerprint density at radius 1 is 1.24 bits per heavy atom. The average Bonchev–Trinajstić information content (AvgIpc) is 2.42. The van der Waals surface area contributed by atoms with Gasteiger partial charge in [0.25, 0.3) is 0 Å². The lowest BCUT2D eigenvalue weighted by molar-refractivity contribution is -0.167. The van der Waals surface area contributed by atoms with Crippen molar-refractivity contribution in [2.45, 2.75) is 25.3 Å². The highest BCUT2D eigenvalue weighted by atomic mass is 19.3. The fourth-order valence-corrected chi connectivity index (χ4v) is 1.53. The van der Waals surface area contributed by atoms with Crippen LogP contribution in [0.25, 0.3) is 0 Å². The van der Waals surface area contributed by atoms with E-state index in [1.54, 1.807) is 0 Å². The molecular weight excluding hydrogens is 302 g/mol. The monoisotopic (exact) mass is 316 g/mol. The van der Waals surface area contributed by atoms with Gasteiger partial charge in [-0.2, -0.15) is 8.78 Å². The van der Waals surface area contributed by atoms with Crippen molar-refractivity contribution in [3.05, 3.63) is 34.9 Å². The second kappa shape index (κ2) is 7.10. The van der Waals surface area contributed by atoms with Crippen molar-refractivity contribution in [2.24, 2.45) is 5.84 Å². The van der Waals surface area contributed by atoms with Crippen LogP contribution in [-0.2, 0) is 4.74 Å². The Bertz CT molecular complexity index is 483. The van der Waals surface area contributed by atoms with E-state index in [-0.39, 0.29) is 11.1 Å². The molecule has 1 rings (SSSR count). The summed E-state index contributed by atoms with van der Waals surface area (Å²) in [5.74, 6) is -1.52. The van der Waals surface area contributed by atoms with Crippen LogP contribution in [0.1, 0.15) is 17.2 Å². The van der Waals surface area contributed by atoms with Crippen molar-refractivity contribution >= 4 is 0 Å². The molecule has 0 aliphatic rings. The van der Waals surface area contributed by atoms with Gasteiger partial charge >= 0.3 is 12.3 Å². The molecule has 21 heavy (non-hydrogen) atoms. The normalized spacial score (nSPS) is 13.8. The number of hydrogen-bond donors (Lipinski definition) is 2. The van der Waals surface area contributed by atoms with Gasteiger partial charge in [0.15, 0.2) is 11.6 Å². The highest BCUT2D eigenvalue weighted by Gasteiger charge is 2.41. The molecule has 1 aromatic carbocycles. The maximum Gasteiger partial charge on any atom is 0.330 e. The number of benzene rings is 1. The lowest BCUT2D eigenvalue weighted by Gasteiger charge is -2.20.